The molecule has 0 heterocycles. The largest absolute Gasteiger partial charge is 0.394 e. The van der Waals surface area contributed by atoms with Gasteiger partial charge >= 0.3 is 0 Å². The molecule has 0 aromatic heterocycles. The second-order valence-electron chi connectivity index (χ2n) is 22.5. The molecule has 0 bridgehead atoms. The van der Waals surface area contributed by atoms with Gasteiger partial charge in [0.2, 0.25) is 5.91 Å². The standard InChI is InChI=1S/C67H129NO3/c1-3-5-7-9-11-13-15-17-19-21-23-25-26-27-28-29-30-31-32-33-34-35-36-37-38-39-40-41-42-43-45-47-49-51-53-55-57-59-61-63-67(71)68-65(64-69)66(70)62-60-58-56-54-52-50-48-46-44-24-22-20-18-16-14-12-10-8-6-4-2/h30-31,33-34,60,62,65-66,69-70H,3-29,32,35-59,61,63-64H2,1-2H3,(H,68,71)/b31-30-,34-33-,62-60+. The van der Waals surface area contributed by atoms with E-state index < -0.39 is 12.1 Å². The summed E-state index contributed by atoms with van der Waals surface area (Å²) in [6, 6.07) is -0.622. The van der Waals surface area contributed by atoms with Gasteiger partial charge in [-0.15, -0.1) is 0 Å². The molecule has 0 saturated carbocycles. The molecule has 0 aliphatic carbocycles. The van der Waals surface area contributed by atoms with Gasteiger partial charge in [0.05, 0.1) is 18.8 Å². The molecule has 0 aromatic rings. The Hall–Kier alpha value is -1.39. The average molecular weight is 997 g/mol. The van der Waals surface area contributed by atoms with Crippen molar-refractivity contribution in [3.63, 3.8) is 0 Å². The van der Waals surface area contributed by atoms with Crippen molar-refractivity contribution >= 4 is 5.91 Å². The average Bonchev–Trinajstić information content (AvgIpc) is 3.37. The Kier molecular flexibility index (Phi) is 61.7. The summed E-state index contributed by atoms with van der Waals surface area (Å²) in [6.07, 6.45) is 86.4. The van der Waals surface area contributed by atoms with Gasteiger partial charge in [-0.25, -0.2) is 0 Å². The predicted molar refractivity (Wildman–Crippen MR) is 318 cm³/mol. The summed E-state index contributed by atoms with van der Waals surface area (Å²) in [5.74, 6) is -0.0580. The van der Waals surface area contributed by atoms with E-state index in [2.05, 4.69) is 43.5 Å². The quantitative estimate of drug-likeness (QED) is 0.0420. The van der Waals surface area contributed by atoms with Gasteiger partial charge in [0.25, 0.3) is 0 Å². The van der Waals surface area contributed by atoms with Crippen LogP contribution in [0.25, 0.3) is 0 Å². The van der Waals surface area contributed by atoms with Crippen LogP contribution in [0, 0.1) is 0 Å². The minimum Gasteiger partial charge on any atom is -0.394 e. The number of aliphatic hydroxyl groups excluding tert-OH is 2. The Morgan fingerprint density at radius 1 is 0.338 bits per heavy atom. The summed E-state index contributed by atoms with van der Waals surface area (Å²) in [4.78, 5) is 12.5. The van der Waals surface area contributed by atoms with Gasteiger partial charge in [0, 0.05) is 6.42 Å². The minimum atomic E-state index is -0.839. The molecule has 1 amide bonds. The van der Waals surface area contributed by atoms with E-state index in [0.29, 0.717) is 6.42 Å². The van der Waals surface area contributed by atoms with Crippen molar-refractivity contribution < 1.29 is 15.0 Å². The Morgan fingerprint density at radius 2 is 0.577 bits per heavy atom. The highest BCUT2D eigenvalue weighted by molar-refractivity contribution is 5.76. The van der Waals surface area contributed by atoms with Crippen LogP contribution in [0.4, 0.5) is 0 Å². The number of carbonyl (C=O) groups is 1. The SMILES string of the molecule is CCCCCCCCCCCCCCCCC/C=C\C/C=C\CCCCCCCCCCCCCCCCCCCC(=O)NC(CO)C(O)/C=C/CCCCCCCCCCCCCCCCCCCC. The van der Waals surface area contributed by atoms with Gasteiger partial charge in [0.15, 0.2) is 0 Å². The lowest BCUT2D eigenvalue weighted by Gasteiger charge is -2.20. The van der Waals surface area contributed by atoms with E-state index in [4.69, 9.17) is 0 Å². The fraction of sp³-hybridized carbons (Fsp3) is 0.896. The van der Waals surface area contributed by atoms with Crippen molar-refractivity contribution in [1.29, 1.82) is 0 Å². The van der Waals surface area contributed by atoms with Crippen molar-refractivity contribution in [1.82, 2.24) is 5.32 Å². The molecule has 4 nitrogen and oxygen atoms in total. The van der Waals surface area contributed by atoms with Crippen molar-refractivity contribution in [3.05, 3.63) is 36.5 Å². The Labute approximate surface area is 446 Å². The third-order valence-corrected chi connectivity index (χ3v) is 15.4. The molecule has 0 rings (SSSR count). The fourth-order valence-electron chi connectivity index (χ4n) is 10.4. The van der Waals surface area contributed by atoms with Gasteiger partial charge in [0.1, 0.15) is 0 Å². The minimum absolute atomic E-state index is 0.0580. The first-order valence-corrected chi connectivity index (χ1v) is 32.7. The lowest BCUT2D eigenvalue weighted by Crippen LogP contribution is -2.45. The van der Waals surface area contributed by atoms with Gasteiger partial charge in [-0.2, -0.15) is 0 Å². The fourth-order valence-corrected chi connectivity index (χ4v) is 10.4. The molecule has 0 fully saturated rings. The van der Waals surface area contributed by atoms with E-state index in [1.165, 1.54) is 315 Å². The Bertz CT molecular complexity index is 1080. The molecule has 71 heavy (non-hydrogen) atoms. The molecule has 4 heteroatoms. The van der Waals surface area contributed by atoms with E-state index in [-0.39, 0.29) is 12.5 Å². The highest BCUT2D eigenvalue weighted by Crippen LogP contribution is 2.18. The molecule has 0 radical (unpaired) electrons. The lowest BCUT2D eigenvalue weighted by atomic mass is 10.0. The van der Waals surface area contributed by atoms with E-state index in [9.17, 15) is 15.0 Å². The van der Waals surface area contributed by atoms with E-state index in [1.54, 1.807) is 6.08 Å². The van der Waals surface area contributed by atoms with Crippen LogP contribution in [-0.2, 0) is 4.79 Å². The van der Waals surface area contributed by atoms with Crippen LogP contribution in [0.2, 0.25) is 0 Å². The summed E-state index contributed by atoms with van der Waals surface area (Å²) in [5, 5.41) is 23.2. The molecule has 0 aliphatic heterocycles. The zero-order valence-electron chi connectivity index (χ0n) is 48.5. The molecule has 2 unspecified atom stereocenters. The number of hydrogen-bond donors (Lipinski definition) is 3. The molecule has 420 valence electrons. The second kappa shape index (κ2) is 62.9. The van der Waals surface area contributed by atoms with Gasteiger partial charge in [-0.1, -0.05) is 346 Å². The highest BCUT2D eigenvalue weighted by atomic mass is 16.3. The highest BCUT2D eigenvalue weighted by Gasteiger charge is 2.18. The van der Waals surface area contributed by atoms with Crippen molar-refractivity contribution in [2.45, 2.75) is 379 Å². The van der Waals surface area contributed by atoms with Crippen LogP contribution in [0.15, 0.2) is 36.5 Å². The number of hydrogen-bond acceptors (Lipinski definition) is 3. The number of nitrogens with one attached hydrogen (secondary N) is 1. The maximum Gasteiger partial charge on any atom is 0.220 e. The van der Waals surface area contributed by atoms with E-state index in [0.717, 1.165) is 32.1 Å². The van der Waals surface area contributed by atoms with Crippen LogP contribution in [0.5, 0.6) is 0 Å². The van der Waals surface area contributed by atoms with Gasteiger partial charge in [-0.3, -0.25) is 4.79 Å². The first-order valence-electron chi connectivity index (χ1n) is 32.7. The summed E-state index contributed by atoms with van der Waals surface area (Å²) >= 11 is 0. The predicted octanol–water partition coefficient (Wildman–Crippen LogP) is 22.0. The summed E-state index contributed by atoms with van der Waals surface area (Å²) in [5.41, 5.74) is 0. The molecule has 0 spiro atoms. The molecule has 3 N–H and O–H groups in total. The van der Waals surface area contributed by atoms with Crippen LogP contribution in [0.3, 0.4) is 0 Å². The lowest BCUT2D eigenvalue weighted by molar-refractivity contribution is -0.123. The molecule has 2 atom stereocenters. The van der Waals surface area contributed by atoms with E-state index >= 15 is 0 Å². The molecular weight excluding hydrogens is 867 g/mol. The first kappa shape index (κ1) is 69.6. The maximum absolute atomic E-state index is 12.5. The molecular formula is C67H129NO3. The van der Waals surface area contributed by atoms with Gasteiger partial charge in [-0.05, 0) is 51.4 Å². The normalized spacial score (nSPS) is 12.9. The summed E-state index contributed by atoms with van der Waals surface area (Å²) in [7, 11) is 0. The van der Waals surface area contributed by atoms with Crippen molar-refractivity contribution in [2.24, 2.45) is 0 Å². The Balaban J connectivity index is 3.42. The second-order valence-corrected chi connectivity index (χ2v) is 22.5. The number of aliphatic hydroxyl groups is 2. The summed E-state index contributed by atoms with van der Waals surface area (Å²) < 4.78 is 0. The van der Waals surface area contributed by atoms with E-state index in [1.807, 2.05) is 6.08 Å². The first-order chi connectivity index (χ1) is 35.2. The van der Waals surface area contributed by atoms with Crippen LogP contribution >= 0.6 is 0 Å². The monoisotopic (exact) mass is 996 g/mol. The number of amides is 1. The maximum atomic E-state index is 12.5. The van der Waals surface area contributed by atoms with Crippen LogP contribution < -0.4 is 5.32 Å². The molecule has 0 aromatic carbocycles. The third kappa shape index (κ3) is 59.4. The number of rotatable bonds is 61. The van der Waals surface area contributed by atoms with Crippen LogP contribution in [-0.4, -0.2) is 34.9 Å². The number of carbonyl (C=O) groups excluding carboxylic acids is 1. The van der Waals surface area contributed by atoms with Crippen LogP contribution in [0.1, 0.15) is 367 Å². The van der Waals surface area contributed by atoms with Gasteiger partial charge < -0.3 is 15.5 Å². The summed E-state index contributed by atoms with van der Waals surface area (Å²) in [6.45, 7) is 4.35. The topological polar surface area (TPSA) is 69.6 Å². The smallest absolute Gasteiger partial charge is 0.220 e. The van der Waals surface area contributed by atoms with Crippen molar-refractivity contribution in [2.75, 3.05) is 6.61 Å². The number of unbranched alkanes of at least 4 members (excludes halogenated alkanes) is 50. The Morgan fingerprint density at radius 3 is 0.845 bits per heavy atom. The zero-order valence-corrected chi connectivity index (χ0v) is 48.5. The number of allylic oxidation sites excluding steroid dienone is 5. The van der Waals surface area contributed by atoms with Crippen molar-refractivity contribution in [3.8, 4) is 0 Å². The third-order valence-electron chi connectivity index (χ3n) is 15.4. The zero-order chi connectivity index (χ0) is 51.3. The molecule has 0 aliphatic rings. The molecule has 0 saturated heterocycles.